The van der Waals surface area contributed by atoms with Gasteiger partial charge >= 0.3 is 6.18 Å². The van der Waals surface area contributed by atoms with Crippen molar-refractivity contribution in [3.05, 3.63) is 35.1 Å². The van der Waals surface area contributed by atoms with Crippen molar-refractivity contribution in [2.75, 3.05) is 26.3 Å². The first kappa shape index (κ1) is 14.8. The average Bonchev–Trinajstić information content (AvgIpc) is 2.39. The number of halogens is 4. The summed E-state index contributed by atoms with van der Waals surface area (Å²) in [5.74, 6) is -0.997. The maximum absolute atomic E-state index is 13.4. The molecule has 1 saturated heterocycles. The Balaban J connectivity index is 2.34. The highest BCUT2D eigenvalue weighted by Gasteiger charge is 2.33. The fraction of sp³-hybridized carbons (Fsp3) is 0.462. The molecule has 0 spiro atoms. The Hall–Kier alpha value is -1.65. The summed E-state index contributed by atoms with van der Waals surface area (Å²) in [6.45, 7) is 1.66. The van der Waals surface area contributed by atoms with Gasteiger partial charge in [-0.3, -0.25) is 4.90 Å². The van der Waals surface area contributed by atoms with Gasteiger partial charge in [-0.05, 0) is 23.8 Å². The quantitative estimate of drug-likeness (QED) is 0.785. The molecule has 1 aromatic rings. The molecule has 3 nitrogen and oxygen atoms in total. The van der Waals surface area contributed by atoms with Gasteiger partial charge in [-0.1, -0.05) is 0 Å². The second kappa shape index (κ2) is 5.77. The second-order valence-corrected chi connectivity index (χ2v) is 4.45. The van der Waals surface area contributed by atoms with Gasteiger partial charge in [0.2, 0.25) is 0 Å². The van der Waals surface area contributed by atoms with Crippen LogP contribution >= 0.6 is 0 Å². The van der Waals surface area contributed by atoms with Crippen molar-refractivity contribution in [1.29, 1.82) is 5.26 Å². The third kappa shape index (κ3) is 3.26. The molecule has 0 radical (unpaired) electrons. The second-order valence-electron chi connectivity index (χ2n) is 4.45. The molecule has 1 unspecified atom stereocenters. The van der Waals surface area contributed by atoms with Crippen molar-refractivity contribution in [3.8, 4) is 6.07 Å². The number of hydrogen-bond donors (Lipinski definition) is 0. The first-order valence-electron chi connectivity index (χ1n) is 6.01. The lowest BCUT2D eigenvalue weighted by molar-refractivity contribution is -0.137. The van der Waals surface area contributed by atoms with Gasteiger partial charge in [0.1, 0.15) is 11.9 Å². The molecule has 20 heavy (non-hydrogen) atoms. The van der Waals surface area contributed by atoms with Crippen molar-refractivity contribution in [3.63, 3.8) is 0 Å². The SMILES string of the molecule is N#CC(c1cc(F)cc(C(F)(F)F)c1)N1CCOCC1. The molecule has 1 heterocycles. The van der Waals surface area contributed by atoms with E-state index in [-0.39, 0.29) is 5.56 Å². The van der Waals surface area contributed by atoms with Gasteiger partial charge in [0.15, 0.2) is 0 Å². The molecule has 1 atom stereocenters. The molecule has 1 aliphatic heterocycles. The topological polar surface area (TPSA) is 36.3 Å². The molecule has 2 rings (SSSR count). The Kier molecular flexibility index (Phi) is 4.26. The van der Waals surface area contributed by atoms with Crippen LogP contribution in [0.5, 0.6) is 0 Å². The van der Waals surface area contributed by atoms with Gasteiger partial charge in [-0.2, -0.15) is 18.4 Å². The number of benzene rings is 1. The van der Waals surface area contributed by atoms with Crippen LogP contribution in [0, 0.1) is 17.1 Å². The number of ether oxygens (including phenoxy) is 1. The first-order valence-corrected chi connectivity index (χ1v) is 6.01. The summed E-state index contributed by atoms with van der Waals surface area (Å²) in [6, 6.07) is 3.25. The summed E-state index contributed by atoms with van der Waals surface area (Å²) in [5, 5.41) is 9.18. The molecule has 108 valence electrons. The summed E-state index contributed by atoms with van der Waals surface area (Å²) in [4.78, 5) is 1.68. The number of nitriles is 1. The van der Waals surface area contributed by atoms with E-state index in [0.717, 1.165) is 12.1 Å². The third-order valence-electron chi connectivity index (χ3n) is 3.10. The molecular weight excluding hydrogens is 276 g/mol. The van der Waals surface area contributed by atoms with E-state index in [9.17, 15) is 22.8 Å². The molecule has 1 aliphatic rings. The van der Waals surface area contributed by atoms with E-state index < -0.39 is 23.6 Å². The fourth-order valence-corrected chi connectivity index (χ4v) is 2.14. The summed E-state index contributed by atoms with van der Waals surface area (Å²) in [5.41, 5.74) is -1.07. The van der Waals surface area contributed by atoms with E-state index in [4.69, 9.17) is 4.74 Å². The Morgan fingerprint density at radius 3 is 2.40 bits per heavy atom. The molecule has 0 bridgehead atoms. The molecule has 0 saturated carbocycles. The number of rotatable bonds is 2. The highest BCUT2D eigenvalue weighted by molar-refractivity contribution is 5.32. The number of nitrogens with zero attached hydrogens (tertiary/aromatic N) is 2. The summed E-state index contributed by atoms with van der Waals surface area (Å²) < 4.78 is 56.5. The Morgan fingerprint density at radius 1 is 1.20 bits per heavy atom. The monoisotopic (exact) mass is 288 g/mol. The normalized spacial score (nSPS) is 18.6. The molecule has 1 aromatic carbocycles. The Morgan fingerprint density at radius 2 is 1.85 bits per heavy atom. The zero-order valence-corrected chi connectivity index (χ0v) is 10.5. The highest BCUT2D eigenvalue weighted by Crippen LogP contribution is 2.32. The maximum Gasteiger partial charge on any atom is 0.416 e. The summed E-state index contributed by atoms with van der Waals surface area (Å²) >= 11 is 0. The van der Waals surface area contributed by atoms with Crippen LogP contribution in [0.15, 0.2) is 18.2 Å². The summed E-state index contributed by atoms with van der Waals surface area (Å²) in [7, 11) is 0. The molecule has 1 fully saturated rings. The van der Waals surface area contributed by atoms with Gasteiger partial charge in [0.05, 0.1) is 24.8 Å². The van der Waals surface area contributed by atoms with Crippen molar-refractivity contribution >= 4 is 0 Å². The number of morpholine rings is 1. The Labute approximate surface area is 113 Å². The van der Waals surface area contributed by atoms with Crippen molar-refractivity contribution in [2.45, 2.75) is 12.2 Å². The molecule has 0 aliphatic carbocycles. The van der Waals surface area contributed by atoms with Crippen LogP contribution in [-0.2, 0) is 10.9 Å². The predicted octanol–water partition coefficient (Wildman–Crippen LogP) is 2.74. The zero-order chi connectivity index (χ0) is 14.8. The van der Waals surface area contributed by atoms with Gasteiger partial charge in [-0.15, -0.1) is 0 Å². The largest absolute Gasteiger partial charge is 0.416 e. The van der Waals surface area contributed by atoms with E-state index in [1.165, 1.54) is 0 Å². The minimum Gasteiger partial charge on any atom is -0.379 e. The number of alkyl halides is 3. The highest BCUT2D eigenvalue weighted by atomic mass is 19.4. The van der Waals surface area contributed by atoms with Crippen molar-refractivity contribution < 1.29 is 22.3 Å². The maximum atomic E-state index is 13.4. The van der Waals surface area contributed by atoms with E-state index in [0.29, 0.717) is 32.4 Å². The van der Waals surface area contributed by atoms with Gasteiger partial charge in [-0.25, -0.2) is 4.39 Å². The van der Waals surface area contributed by atoms with Gasteiger partial charge in [0, 0.05) is 13.1 Å². The minimum absolute atomic E-state index is 0.0155. The lowest BCUT2D eigenvalue weighted by Crippen LogP contribution is -2.38. The summed E-state index contributed by atoms with van der Waals surface area (Å²) in [6.07, 6.45) is -4.64. The lowest BCUT2D eigenvalue weighted by Gasteiger charge is -2.30. The third-order valence-corrected chi connectivity index (χ3v) is 3.10. The predicted molar refractivity (Wildman–Crippen MR) is 62.1 cm³/mol. The number of hydrogen-bond acceptors (Lipinski definition) is 3. The van der Waals surface area contributed by atoms with Crippen LogP contribution in [0.4, 0.5) is 17.6 Å². The van der Waals surface area contributed by atoms with Gasteiger partial charge < -0.3 is 4.74 Å². The molecule has 0 amide bonds. The van der Waals surface area contributed by atoms with E-state index in [2.05, 4.69) is 0 Å². The van der Waals surface area contributed by atoms with Crippen LogP contribution < -0.4 is 0 Å². The van der Waals surface area contributed by atoms with Crippen LogP contribution in [0.2, 0.25) is 0 Å². The van der Waals surface area contributed by atoms with E-state index >= 15 is 0 Å². The smallest absolute Gasteiger partial charge is 0.379 e. The zero-order valence-electron chi connectivity index (χ0n) is 10.5. The lowest BCUT2D eigenvalue weighted by atomic mass is 10.0. The Bertz CT molecular complexity index is 518. The standard InChI is InChI=1S/C13H12F4N2O/c14-11-6-9(5-10(7-11)13(15,16)17)12(8-18)19-1-3-20-4-2-19/h5-7,12H,1-4H2. The van der Waals surface area contributed by atoms with Crippen molar-refractivity contribution in [2.24, 2.45) is 0 Å². The van der Waals surface area contributed by atoms with Crippen LogP contribution in [0.1, 0.15) is 17.2 Å². The van der Waals surface area contributed by atoms with E-state index in [1.807, 2.05) is 6.07 Å². The van der Waals surface area contributed by atoms with Crippen LogP contribution in [-0.4, -0.2) is 31.2 Å². The van der Waals surface area contributed by atoms with Crippen molar-refractivity contribution in [1.82, 2.24) is 4.90 Å². The molecular formula is C13H12F4N2O. The molecule has 0 aromatic heterocycles. The van der Waals surface area contributed by atoms with Crippen LogP contribution in [0.25, 0.3) is 0 Å². The van der Waals surface area contributed by atoms with Crippen LogP contribution in [0.3, 0.4) is 0 Å². The molecule has 0 N–H and O–H groups in total. The van der Waals surface area contributed by atoms with E-state index in [1.54, 1.807) is 4.90 Å². The average molecular weight is 288 g/mol. The fourth-order valence-electron chi connectivity index (χ4n) is 2.14. The molecule has 7 heteroatoms. The minimum atomic E-state index is -4.64. The first-order chi connectivity index (χ1) is 9.41. The van der Waals surface area contributed by atoms with Gasteiger partial charge in [0.25, 0.3) is 0 Å².